The summed E-state index contributed by atoms with van der Waals surface area (Å²) in [6.45, 7) is 15.3. The maximum Gasteiger partial charge on any atom is 0.251 e. The molecule has 51 heavy (non-hydrogen) atoms. The van der Waals surface area contributed by atoms with Crippen LogP contribution in [-0.4, -0.2) is 83.1 Å². The maximum absolute atomic E-state index is 13.8. The average Bonchev–Trinajstić information content (AvgIpc) is 3.10. The fourth-order valence-electron chi connectivity index (χ4n) is 5.35. The van der Waals surface area contributed by atoms with Crippen LogP contribution in [0.5, 0.6) is 5.75 Å². The molecule has 1 aromatic rings. The molecular weight excluding hydrogens is 654 g/mol. The predicted octanol–water partition coefficient (Wildman–Crippen LogP) is 2.32. The highest BCUT2D eigenvalue weighted by molar-refractivity contribution is 5.99. The lowest BCUT2D eigenvalue weighted by Crippen LogP contribution is -2.58. The van der Waals surface area contributed by atoms with Crippen molar-refractivity contribution in [2.24, 2.45) is 11.8 Å². The Kier molecular flexibility index (Phi) is 20.9. The van der Waals surface area contributed by atoms with Crippen molar-refractivity contribution < 1.29 is 34.3 Å². The van der Waals surface area contributed by atoms with Crippen molar-refractivity contribution in [2.75, 3.05) is 13.1 Å². The third kappa shape index (κ3) is 15.6. The number of rotatable bonds is 23. The Morgan fingerprint density at radius 2 is 1.43 bits per heavy atom. The van der Waals surface area contributed by atoms with Gasteiger partial charge in [0, 0.05) is 30.9 Å². The van der Waals surface area contributed by atoms with E-state index in [1.165, 1.54) is 12.3 Å². The molecule has 1 rings (SSSR count). The van der Waals surface area contributed by atoms with Gasteiger partial charge >= 0.3 is 0 Å². The van der Waals surface area contributed by atoms with E-state index in [-0.39, 0.29) is 41.5 Å². The van der Waals surface area contributed by atoms with E-state index in [1.54, 1.807) is 37.3 Å². The lowest BCUT2D eigenvalue weighted by atomic mass is 9.97. The van der Waals surface area contributed by atoms with Crippen LogP contribution in [0.1, 0.15) is 86.6 Å². The number of aromatic hydroxyl groups is 1. The van der Waals surface area contributed by atoms with Crippen LogP contribution in [0.4, 0.5) is 0 Å². The van der Waals surface area contributed by atoms with Gasteiger partial charge in [0.05, 0.1) is 6.04 Å². The van der Waals surface area contributed by atoms with Crippen molar-refractivity contribution in [1.82, 2.24) is 37.4 Å². The largest absolute Gasteiger partial charge is 0.508 e. The van der Waals surface area contributed by atoms with Crippen LogP contribution in [-0.2, 0) is 30.4 Å². The Bertz CT molecular complexity index is 1320. The van der Waals surface area contributed by atoms with Crippen LogP contribution >= 0.6 is 0 Å². The molecule has 0 saturated heterocycles. The topological polar surface area (TPSA) is 210 Å². The molecule has 0 fully saturated rings. The van der Waals surface area contributed by atoms with Gasteiger partial charge in [-0.2, -0.15) is 0 Å². The number of phenolic OH excluding ortho intramolecular Hbond substituents is 1. The molecule has 0 aliphatic heterocycles. The molecule has 14 nitrogen and oxygen atoms in total. The number of likely N-dealkylation sites (N-methyl/N-ethyl adjacent to an activating group) is 1. The molecule has 9 N–H and O–H groups in total. The lowest BCUT2D eigenvalue weighted by Gasteiger charge is -2.29. The van der Waals surface area contributed by atoms with Crippen molar-refractivity contribution in [3.8, 4) is 5.75 Å². The van der Waals surface area contributed by atoms with E-state index in [0.29, 0.717) is 38.6 Å². The van der Waals surface area contributed by atoms with Crippen molar-refractivity contribution in [3.05, 3.63) is 53.8 Å². The van der Waals surface area contributed by atoms with E-state index in [0.717, 1.165) is 5.56 Å². The molecule has 0 spiro atoms. The number of hydrogen-bond donors (Lipinski definition) is 9. The summed E-state index contributed by atoms with van der Waals surface area (Å²) in [4.78, 5) is 66.4. The standard InChI is InChI=1S/C37H61N7O7/c1-9-14-30(42-37(50)32(24(8)10-2)44-33(46)26(11-3)19-20-40-51)35(48)41-27(21-25-15-17-28(45)18-16-25)22-39-29(12-4)34(47)43-31(23(6)7)36(49)38-13-5/h11,15-20,23-24,27,29-32,39-40,45,51H,9-10,12-14,21-22H2,1-8H3,(H,38,49)(H,41,48)(H,42,50)(H,43,47)(H,44,46)/b20-19-,26-11+/t24-,27-,29?,30?,31-,32-/m0/s1. The second kappa shape index (κ2) is 23.9. The third-order valence-corrected chi connectivity index (χ3v) is 8.60. The first-order chi connectivity index (χ1) is 24.3. The Hall–Kier alpha value is -4.43. The van der Waals surface area contributed by atoms with E-state index in [9.17, 15) is 29.1 Å². The third-order valence-electron chi connectivity index (χ3n) is 8.60. The van der Waals surface area contributed by atoms with Gasteiger partial charge in [0.25, 0.3) is 5.91 Å². The number of nitrogens with one attached hydrogen (secondary N) is 7. The number of phenols is 1. The molecule has 0 aliphatic carbocycles. The molecule has 2 unspecified atom stereocenters. The fraction of sp³-hybridized carbons (Fsp3) is 0.595. The number of hydroxylamine groups is 1. The van der Waals surface area contributed by atoms with Gasteiger partial charge in [-0.3, -0.25) is 34.7 Å². The molecule has 0 radical (unpaired) electrons. The van der Waals surface area contributed by atoms with Crippen LogP contribution in [0.2, 0.25) is 0 Å². The van der Waals surface area contributed by atoms with Gasteiger partial charge in [0.1, 0.15) is 23.9 Å². The summed E-state index contributed by atoms with van der Waals surface area (Å²) in [6.07, 6.45) is 6.37. The molecule has 6 atom stereocenters. The van der Waals surface area contributed by atoms with E-state index in [4.69, 9.17) is 5.21 Å². The SMILES string of the molecule is C/C=C(\C=C/NO)C(=O)N[C@H](C(=O)NC(CCC)C(=O)N[C@H](CNC(CC)C(=O)N[C@H](C(=O)NCC)C(C)C)Cc1ccc(O)cc1)[C@@H](C)CC. The molecule has 0 aromatic heterocycles. The summed E-state index contributed by atoms with van der Waals surface area (Å²) in [5.74, 6) is -2.34. The Morgan fingerprint density at radius 3 is 1.96 bits per heavy atom. The summed E-state index contributed by atoms with van der Waals surface area (Å²) < 4.78 is 0. The molecule has 286 valence electrons. The summed E-state index contributed by atoms with van der Waals surface area (Å²) in [5.41, 5.74) is 2.91. The number of allylic oxidation sites excluding steroid dienone is 1. The number of benzene rings is 1. The van der Waals surface area contributed by atoms with Crippen LogP contribution in [0.3, 0.4) is 0 Å². The first-order valence-electron chi connectivity index (χ1n) is 18.0. The fourth-order valence-corrected chi connectivity index (χ4v) is 5.35. The van der Waals surface area contributed by atoms with Crippen LogP contribution in [0.15, 0.2) is 48.2 Å². The Balaban J connectivity index is 3.23. The molecule has 1 aromatic carbocycles. The summed E-state index contributed by atoms with van der Waals surface area (Å²) in [7, 11) is 0. The summed E-state index contributed by atoms with van der Waals surface area (Å²) >= 11 is 0. The number of amides is 5. The van der Waals surface area contributed by atoms with E-state index < -0.39 is 47.9 Å². The quantitative estimate of drug-likeness (QED) is 0.0462. The van der Waals surface area contributed by atoms with Gasteiger partial charge in [0.15, 0.2) is 0 Å². The van der Waals surface area contributed by atoms with Gasteiger partial charge in [-0.1, -0.05) is 72.6 Å². The normalized spacial score (nSPS) is 15.2. The lowest BCUT2D eigenvalue weighted by molar-refractivity contribution is -0.132. The van der Waals surface area contributed by atoms with Gasteiger partial charge in [-0.05, 0) is 68.7 Å². The summed E-state index contributed by atoms with van der Waals surface area (Å²) in [5, 5.41) is 36.2. The van der Waals surface area contributed by atoms with Gasteiger partial charge in [0.2, 0.25) is 23.6 Å². The average molecular weight is 716 g/mol. The minimum absolute atomic E-state index is 0.100. The van der Waals surface area contributed by atoms with Gasteiger partial charge in [-0.15, -0.1) is 0 Å². The van der Waals surface area contributed by atoms with Crippen LogP contribution in [0.25, 0.3) is 0 Å². The molecule has 0 aliphatic rings. The molecule has 0 saturated carbocycles. The summed E-state index contributed by atoms with van der Waals surface area (Å²) in [6, 6.07) is 2.85. The van der Waals surface area contributed by atoms with Gasteiger partial charge < -0.3 is 37.0 Å². The van der Waals surface area contributed by atoms with E-state index >= 15 is 0 Å². The van der Waals surface area contributed by atoms with Crippen molar-refractivity contribution in [1.29, 1.82) is 0 Å². The zero-order valence-corrected chi connectivity index (χ0v) is 31.5. The predicted molar refractivity (Wildman–Crippen MR) is 197 cm³/mol. The minimum atomic E-state index is -0.938. The highest BCUT2D eigenvalue weighted by Crippen LogP contribution is 2.14. The molecular formula is C37H61N7O7. The molecule has 0 bridgehead atoms. The van der Waals surface area contributed by atoms with Crippen LogP contribution < -0.4 is 37.4 Å². The second-order valence-corrected chi connectivity index (χ2v) is 13.0. The first kappa shape index (κ1) is 44.6. The number of hydrogen-bond acceptors (Lipinski definition) is 9. The van der Waals surface area contributed by atoms with Gasteiger partial charge in [-0.25, -0.2) is 0 Å². The highest BCUT2D eigenvalue weighted by atomic mass is 16.5. The smallest absolute Gasteiger partial charge is 0.251 e. The molecule has 5 amide bonds. The first-order valence-corrected chi connectivity index (χ1v) is 18.0. The molecule has 14 heteroatoms. The number of carbonyl (C=O) groups excluding carboxylic acids is 5. The minimum Gasteiger partial charge on any atom is -0.508 e. The number of carbonyl (C=O) groups is 5. The zero-order chi connectivity index (χ0) is 38.5. The van der Waals surface area contributed by atoms with Crippen LogP contribution in [0, 0.1) is 11.8 Å². The zero-order valence-electron chi connectivity index (χ0n) is 31.5. The Morgan fingerprint density at radius 1 is 0.784 bits per heavy atom. The Labute approximate surface area is 303 Å². The monoisotopic (exact) mass is 715 g/mol. The van der Waals surface area contributed by atoms with E-state index in [1.807, 2.05) is 53.9 Å². The highest BCUT2D eigenvalue weighted by Gasteiger charge is 2.32. The van der Waals surface area contributed by atoms with Crippen molar-refractivity contribution in [2.45, 2.75) is 118 Å². The molecule has 0 heterocycles. The van der Waals surface area contributed by atoms with Crippen molar-refractivity contribution >= 4 is 29.5 Å². The van der Waals surface area contributed by atoms with Crippen molar-refractivity contribution in [3.63, 3.8) is 0 Å². The second-order valence-electron chi connectivity index (χ2n) is 13.0. The maximum atomic E-state index is 13.8. The van der Waals surface area contributed by atoms with E-state index in [2.05, 4.69) is 31.9 Å².